The molecule has 1 aromatic heterocycles. The Morgan fingerprint density at radius 3 is 2.92 bits per heavy atom. The van der Waals surface area contributed by atoms with Crippen molar-refractivity contribution in [2.24, 2.45) is 0 Å². The van der Waals surface area contributed by atoms with Crippen LogP contribution >= 0.6 is 0 Å². The fourth-order valence-corrected chi connectivity index (χ4v) is 3.15. The molecule has 1 aromatic carbocycles. The molecular formula is C21H27N3O2. The molecule has 1 N–H and O–H groups in total. The van der Waals surface area contributed by atoms with Crippen LogP contribution in [-0.2, 0) is 17.9 Å². The van der Waals surface area contributed by atoms with E-state index in [9.17, 15) is 4.79 Å². The minimum absolute atomic E-state index is 0.296. The Morgan fingerprint density at radius 1 is 1.12 bits per heavy atom. The Kier molecular flexibility index (Phi) is 7.02. The van der Waals surface area contributed by atoms with Crippen LogP contribution < -0.4 is 10.1 Å². The monoisotopic (exact) mass is 353 g/mol. The number of rotatable bonds is 8. The molecule has 0 spiro atoms. The third-order valence-corrected chi connectivity index (χ3v) is 4.64. The molecule has 2 heterocycles. The first kappa shape index (κ1) is 18.4. The number of carbonyl (C=O) groups excluding carboxylic acids is 1. The maximum Gasteiger partial charge on any atom is 0.222 e. The van der Waals surface area contributed by atoms with E-state index < -0.39 is 0 Å². The Hall–Kier alpha value is -2.40. The largest absolute Gasteiger partial charge is 0.489 e. The minimum atomic E-state index is 0.296. The highest BCUT2D eigenvalue weighted by Gasteiger charge is 2.15. The topological polar surface area (TPSA) is 54.5 Å². The Morgan fingerprint density at radius 2 is 2.04 bits per heavy atom. The lowest BCUT2D eigenvalue weighted by atomic mass is 10.2. The van der Waals surface area contributed by atoms with Crippen LogP contribution in [-0.4, -0.2) is 35.4 Å². The maximum absolute atomic E-state index is 12.0. The molecule has 1 aliphatic heterocycles. The van der Waals surface area contributed by atoms with Crippen molar-refractivity contribution in [1.29, 1.82) is 0 Å². The van der Waals surface area contributed by atoms with Crippen LogP contribution in [0.15, 0.2) is 48.8 Å². The zero-order valence-corrected chi connectivity index (χ0v) is 15.2. The first-order valence-electron chi connectivity index (χ1n) is 9.41. The van der Waals surface area contributed by atoms with Crippen molar-refractivity contribution in [2.45, 2.75) is 38.8 Å². The predicted molar refractivity (Wildman–Crippen MR) is 102 cm³/mol. The molecular weight excluding hydrogens is 326 g/mol. The number of benzene rings is 1. The van der Waals surface area contributed by atoms with E-state index in [-0.39, 0.29) is 0 Å². The van der Waals surface area contributed by atoms with Crippen molar-refractivity contribution < 1.29 is 9.53 Å². The second-order valence-electron chi connectivity index (χ2n) is 6.63. The maximum atomic E-state index is 12.0. The summed E-state index contributed by atoms with van der Waals surface area (Å²) in [6.07, 6.45) is 7.60. The van der Waals surface area contributed by atoms with Gasteiger partial charge >= 0.3 is 0 Å². The summed E-state index contributed by atoms with van der Waals surface area (Å²) >= 11 is 0. The van der Waals surface area contributed by atoms with E-state index in [2.05, 4.69) is 16.4 Å². The van der Waals surface area contributed by atoms with Gasteiger partial charge in [0.25, 0.3) is 0 Å². The summed E-state index contributed by atoms with van der Waals surface area (Å²) in [5.74, 6) is 1.18. The molecule has 0 radical (unpaired) electrons. The van der Waals surface area contributed by atoms with Gasteiger partial charge in [-0.3, -0.25) is 9.78 Å². The summed E-state index contributed by atoms with van der Waals surface area (Å²) in [5.41, 5.74) is 2.17. The molecule has 26 heavy (non-hydrogen) atoms. The highest BCUT2D eigenvalue weighted by molar-refractivity contribution is 5.76. The fraction of sp³-hybridized carbons (Fsp3) is 0.429. The molecule has 1 fully saturated rings. The smallest absolute Gasteiger partial charge is 0.222 e. The van der Waals surface area contributed by atoms with Gasteiger partial charge in [0.15, 0.2) is 0 Å². The summed E-state index contributed by atoms with van der Waals surface area (Å²) in [6, 6.07) is 12.0. The SMILES string of the molecule is O=C1CCCCCN1CCNCc1ccccc1OCc1cccnc1. The van der Waals surface area contributed by atoms with Gasteiger partial charge < -0.3 is 15.0 Å². The van der Waals surface area contributed by atoms with Gasteiger partial charge in [0, 0.05) is 56.1 Å². The highest BCUT2D eigenvalue weighted by Crippen LogP contribution is 2.19. The quantitative estimate of drug-likeness (QED) is 0.741. The van der Waals surface area contributed by atoms with E-state index in [0.29, 0.717) is 18.9 Å². The number of carbonyl (C=O) groups is 1. The number of amides is 1. The van der Waals surface area contributed by atoms with E-state index >= 15 is 0 Å². The van der Waals surface area contributed by atoms with Crippen molar-refractivity contribution >= 4 is 5.91 Å². The number of nitrogens with one attached hydrogen (secondary N) is 1. The lowest BCUT2D eigenvalue weighted by molar-refractivity contribution is -0.130. The first-order valence-corrected chi connectivity index (χ1v) is 9.41. The summed E-state index contributed by atoms with van der Waals surface area (Å²) in [5, 5.41) is 3.44. The molecule has 0 saturated carbocycles. The van der Waals surface area contributed by atoms with Gasteiger partial charge in [0.1, 0.15) is 12.4 Å². The molecule has 0 bridgehead atoms. The standard InChI is InChI=1S/C21H27N3O2/c25-21-10-2-1-5-13-24(21)14-12-23-16-19-8-3-4-9-20(19)26-17-18-7-6-11-22-15-18/h3-4,6-9,11,15,23H,1-2,5,10,12-14,16-17H2. The van der Waals surface area contributed by atoms with Gasteiger partial charge in [-0.05, 0) is 25.0 Å². The van der Waals surface area contributed by atoms with Crippen LogP contribution in [0.3, 0.4) is 0 Å². The van der Waals surface area contributed by atoms with Crippen molar-refractivity contribution in [3.63, 3.8) is 0 Å². The Balaban J connectivity index is 1.46. The van der Waals surface area contributed by atoms with Gasteiger partial charge in [0.05, 0.1) is 0 Å². The van der Waals surface area contributed by atoms with Gasteiger partial charge in [-0.15, -0.1) is 0 Å². The van der Waals surface area contributed by atoms with Crippen molar-refractivity contribution in [3.8, 4) is 5.75 Å². The molecule has 5 heteroatoms. The van der Waals surface area contributed by atoms with Crippen LogP contribution in [0.1, 0.15) is 36.8 Å². The number of ether oxygens (including phenoxy) is 1. The summed E-state index contributed by atoms with van der Waals surface area (Å²) in [7, 11) is 0. The van der Waals surface area contributed by atoms with Crippen LogP contribution in [0.25, 0.3) is 0 Å². The van der Waals surface area contributed by atoms with E-state index in [0.717, 1.165) is 62.3 Å². The van der Waals surface area contributed by atoms with Crippen molar-refractivity contribution in [3.05, 3.63) is 59.9 Å². The average Bonchev–Trinajstić information content (AvgIpc) is 2.89. The number of aromatic nitrogens is 1. The van der Waals surface area contributed by atoms with E-state index in [1.54, 1.807) is 6.20 Å². The zero-order chi connectivity index (χ0) is 18.0. The van der Waals surface area contributed by atoms with Crippen molar-refractivity contribution in [2.75, 3.05) is 19.6 Å². The molecule has 1 amide bonds. The van der Waals surface area contributed by atoms with Crippen LogP contribution in [0.2, 0.25) is 0 Å². The second kappa shape index (κ2) is 9.92. The molecule has 0 unspecified atom stereocenters. The lowest BCUT2D eigenvalue weighted by Crippen LogP contribution is -2.36. The molecule has 5 nitrogen and oxygen atoms in total. The molecule has 138 valence electrons. The van der Waals surface area contributed by atoms with Gasteiger partial charge in [0.2, 0.25) is 5.91 Å². The number of hydrogen-bond donors (Lipinski definition) is 1. The number of likely N-dealkylation sites (tertiary alicyclic amines) is 1. The molecule has 1 aliphatic rings. The molecule has 1 saturated heterocycles. The third-order valence-electron chi connectivity index (χ3n) is 4.64. The van der Waals surface area contributed by atoms with Crippen LogP contribution in [0.4, 0.5) is 0 Å². The molecule has 0 atom stereocenters. The number of pyridine rings is 1. The van der Waals surface area contributed by atoms with E-state index in [1.165, 1.54) is 0 Å². The first-order chi connectivity index (χ1) is 12.8. The molecule has 2 aromatic rings. The van der Waals surface area contributed by atoms with Gasteiger partial charge in [-0.1, -0.05) is 30.7 Å². The van der Waals surface area contributed by atoms with Gasteiger partial charge in [-0.2, -0.15) is 0 Å². The number of para-hydroxylation sites is 1. The second-order valence-corrected chi connectivity index (χ2v) is 6.63. The summed E-state index contributed by atoms with van der Waals surface area (Å²) in [6.45, 7) is 3.70. The van der Waals surface area contributed by atoms with Gasteiger partial charge in [-0.25, -0.2) is 0 Å². The summed E-state index contributed by atoms with van der Waals surface area (Å²) in [4.78, 5) is 18.1. The van der Waals surface area contributed by atoms with E-state index in [1.807, 2.05) is 41.4 Å². The highest BCUT2D eigenvalue weighted by atomic mass is 16.5. The van der Waals surface area contributed by atoms with Crippen molar-refractivity contribution in [1.82, 2.24) is 15.2 Å². The number of hydrogen-bond acceptors (Lipinski definition) is 4. The minimum Gasteiger partial charge on any atom is -0.489 e. The predicted octanol–water partition coefficient (Wildman–Crippen LogP) is 3.15. The molecule has 3 rings (SSSR count). The normalized spacial score (nSPS) is 14.9. The fourth-order valence-electron chi connectivity index (χ4n) is 3.15. The lowest BCUT2D eigenvalue weighted by Gasteiger charge is -2.20. The third kappa shape index (κ3) is 5.56. The molecule has 0 aliphatic carbocycles. The van der Waals surface area contributed by atoms with Crippen LogP contribution in [0.5, 0.6) is 5.75 Å². The van der Waals surface area contributed by atoms with E-state index in [4.69, 9.17) is 4.74 Å². The Labute approximate surface area is 155 Å². The average molecular weight is 353 g/mol. The zero-order valence-electron chi connectivity index (χ0n) is 15.2. The summed E-state index contributed by atoms with van der Waals surface area (Å²) < 4.78 is 5.96. The van der Waals surface area contributed by atoms with Crippen LogP contribution in [0, 0.1) is 0 Å². The Bertz CT molecular complexity index is 691. The number of nitrogens with zero attached hydrogens (tertiary/aromatic N) is 2.